The second-order valence-corrected chi connectivity index (χ2v) is 8.25. The van der Waals surface area contributed by atoms with Crippen LogP contribution in [0.2, 0.25) is 5.02 Å². The Morgan fingerprint density at radius 2 is 1.67 bits per heavy atom. The van der Waals surface area contributed by atoms with Gasteiger partial charge in [0.1, 0.15) is 5.82 Å². The topological polar surface area (TPSA) is 62.7 Å². The van der Waals surface area contributed by atoms with Crippen molar-refractivity contribution in [2.75, 3.05) is 10.6 Å². The van der Waals surface area contributed by atoms with E-state index in [2.05, 4.69) is 52.9 Å². The molecule has 6 heteroatoms. The number of pyridine rings is 1. The molecule has 0 spiro atoms. The van der Waals surface area contributed by atoms with E-state index in [1.165, 1.54) is 11.1 Å². The highest BCUT2D eigenvalue weighted by Crippen LogP contribution is 2.32. The Labute approximate surface area is 197 Å². The molecule has 33 heavy (non-hydrogen) atoms. The number of rotatable bonds is 6. The quantitative estimate of drug-likeness (QED) is 0.290. The van der Waals surface area contributed by atoms with E-state index in [0.717, 1.165) is 34.4 Å². The lowest BCUT2D eigenvalue weighted by atomic mass is 10.1. The van der Waals surface area contributed by atoms with Gasteiger partial charge in [0.2, 0.25) is 0 Å². The number of nitrogens with one attached hydrogen (secondary N) is 2. The first-order chi connectivity index (χ1) is 16.2. The van der Waals surface area contributed by atoms with Crippen LogP contribution in [0.3, 0.4) is 0 Å². The second-order valence-electron chi connectivity index (χ2n) is 7.81. The Morgan fingerprint density at radius 3 is 2.45 bits per heavy atom. The Morgan fingerprint density at radius 1 is 0.848 bits per heavy atom. The molecule has 5 aromatic rings. The zero-order chi connectivity index (χ0) is 22.6. The highest BCUT2D eigenvalue weighted by atomic mass is 35.5. The number of fused-ring (bicyclic) bond motifs is 1. The molecule has 5 nitrogen and oxygen atoms in total. The van der Waals surface area contributed by atoms with Crippen LogP contribution in [0.4, 0.5) is 17.2 Å². The number of aryl methyl sites for hydroxylation is 1. The van der Waals surface area contributed by atoms with Crippen molar-refractivity contribution in [1.82, 2.24) is 15.0 Å². The van der Waals surface area contributed by atoms with Gasteiger partial charge in [0.15, 0.2) is 5.82 Å². The predicted octanol–water partition coefficient (Wildman–Crippen LogP) is 7.01. The maximum Gasteiger partial charge on any atom is 0.163 e. The molecule has 0 amide bonds. The van der Waals surface area contributed by atoms with Crippen molar-refractivity contribution in [3.05, 3.63) is 107 Å². The van der Waals surface area contributed by atoms with Gasteiger partial charge in [-0.3, -0.25) is 4.98 Å². The third-order valence-corrected chi connectivity index (χ3v) is 5.60. The summed E-state index contributed by atoms with van der Waals surface area (Å²) in [6.07, 6.45) is 3.50. The monoisotopic (exact) mass is 451 g/mol. The molecule has 5 rings (SSSR count). The zero-order valence-electron chi connectivity index (χ0n) is 18.1. The normalized spacial score (nSPS) is 10.8. The Kier molecular flexibility index (Phi) is 5.87. The van der Waals surface area contributed by atoms with Gasteiger partial charge in [0.05, 0.1) is 16.9 Å². The largest absolute Gasteiger partial charge is 0.379 e. The second kappa shape index (κ2) is 9.27. The molecule has 0 aliphatic rings. The molecule has 0 saturated heterocycles. The first-order valence-electron chi connectivity index (χ1n) is 10.7. The fourth-order valence-corrected chi connectivity index (χ4v) is 3.77. The Hall–Kier alpha value is -3.96. The highest BCUT2D eigenvalue weighted by Gasteiger charge is 2.12. The van der Waals surface area contributed by atoms with E-state index in [4.69, 9.17) is 21.6 Å². The van der Waals surface area contributed by atoms with Gasteiger partial charge in [0, 0.05) is 34.9 Å². The van der Waals surface area contributed by atoms with Gasteiger partial charge in [-0.2, -0.15) is 0 Å². The van der Waals surface area contributed by atoms with Gasteiger partial charge < -0.3 is 10.6 Å². The molecule has 3 aromatic carbocycles. The Balaban J connectivity index is 1.51. The van der Waals surface area contributed by atoms with Crippen LogP contribution >= 0.6 is 11.6 Å². The van der Waals surface area contributed by atoms with Gasteiger partial charge >= 0.3 is 0 Å². The Bertz CT molecular complexity index is 1400. The summed E-state index contributed by atoms with van der Waals surface area (Å²) in [6.45, 7) is 2.81. The first-order valence-corrected chi connectivity index (χ1v) is 11.1. The number of benzene rings is 3. The van der Waals surface area contributed by atoms with Crippen LogP contribution in [0.5, 0.6) is 0 Å². The lowest BCUT2D eigenvalue weighted by Gasteiger charge is -2.16. The number of halogens is 1. The minimum absolute atomic E-state index is 0.602. The molecule has 2 aromatic heterocycles. The molecular weight excluding hydrogens is 430 g/mol. The molecule has 2 heterocycles. The third kappa shape index (κ3) is 4.78. The summed E-state index contributed by atoms with van der Waals surface area (Å²) in [5, 5.41) is 8.52. The van der Waals surface area contributed by atoms with Gasteiger partial charge in [-0.1, -0.05) is 53.6 Å². The van der Waals surface area contributed by atoms with Gasteiger partial charge in [-0.25, -0.2) is 9.97 Å². The molecule has 0 aliphatic heterocycles. The molecule has 162 valence electrons. The van der Waals surface area contributed by atoms with Gasteiger partial charge in [-0.15, -0.1) is 0 Å². The summed E-state index contributed by atoms with van der Waals surface area (Å²) in [5.41, 5.74) is 6.02. The van der Waals surface area contributed by atoms with Gasteiger partial charge in [0.25, 0.3) is 0 Å². The number of aromatic nitrogens is 3. The van der Waals surface area contributed by atoms with E-state index in [9.17, 15) is 0 Å². The van der Waals surface area contributed by atoms with Crippen LogP contribution in [-0.2, 0) is 6.54 Å². The molecular formula is C27H22ClN5. The minimum Gasteiger partial charge on any atom is -0.379 e. The molecule has 0 atom stereocenters. The maximum atomic E-state index is 6.30. The molecule has 2 N–H and O–H groups in total. The van der Waals surface area contributed by atoms with Crippen molar-refractivity contribution in [3.8, 4) is 11.4 Å². The SMILES string of the molecule is Cc1ccc(CNc2ccccc2Nc2nc(-c3cccnc3)nc3ccc(Cl)cc23)cc1. The summed E-state index contributed by atoms with van der Waals surface area (Å²) in [5.74, 6) is 1.29. The van der Waals surface area contributed by atoms with Crippen molar-refractivity contribution in [2.45, 2.75) is 13.5 Å². The molecule has 0 aliphatic carbocycles. The van der Waals surface area contributed by atoms with E-state index in [0.29, 0.717) is 16.7 Å². The maximum absolute atomic E-state index is 6.30. The number of nitrogens with zero attached hydrogens (tertiary/aromatic N) is 3. The lowest BCUT2D eigenvalue weighted by molar-refractivity contribution is 1.14. The highest BCUT2D eigenvalue weighted by molar-refractivity contribution is 6.31. The average molecular weight is 452 g/mol. The summed E-state index contributed by atoms with van der Waals surface area (Å²) in [6, 6.07) is 26.1. The number of hydrogen-bond donors (Lipinski definition) is 2. The summed E-state index contributed by atoms with van der Waals surface area (Å²) in [7, 11) is 0. The minimum atomic E-state index is 0.602. The fraction of sp³-hybridized carbons (Fsp3) is 0.0741. The summed E-state index contributed by atoms with van der Waals surface area (Å²) >= 11 is 6.30. The van der Waals surface area contributed by atoms with Gasteiger partial charge in [-0.05, 0) is 55.0 Å². The number of hydrogen-bond acceptors (Lipinski definition) is 5. The molecule has 0 radical (unpaired) electrons. The smallest absolute Gasteiger partial charge is 0.163 e. The lowest BCUT2D eigenvalue weighted by Crippen LogP contribution is -2.04. The average Bonchev–Trinajstić information content (AvgIpc) is 2.85. The molecule has 0 unspecified atom stereocenters. The molecule has 0 fully saturated rings. The van der Waals surface area contributed by atoms with Crippen LogP contribution in [0.15, 0.2) is 91.3 Å². The third-order valence-electron chi connectivity index (χ3n) is 5.36. The first kappa shape index (κ1) is 20.9. The summed E-state index contributed by atoms with van der Waals surface area (Å²) in [4.78, 5) is 13.8. The van der Waals surface area contributed by atoms with Crippen LogP contribution in [0.25, 0.3) is 22.3 Å². The number of para-hydroxylation sites is 2. The van der Waals surface area contributed by atoms with Crippen LogP contribution in [0.1, 0.15) is 11.1 Å². The fourth-order valence-electron chi connectivity index (χ4n) is 3.60. The molecule has 0 saturated carbocycles. The summed E-state index contributed by atoms with van der Waals surface area (Å²) < 4.78 is 0. The van der Waals surface area contributed by atoms with Crippen molar-refractivity contribution < 1.29 is 0 Å². The zero-order valence-corrected chi connectivity index (χ0v) is 18.8. The van der Waals surface area contributed by atoms with Crippen molar-refractivity contribution in [1.29, 1.82) is 0 Å². The van der Waals surface area contributed by atoms with E-state index < -0.39 is 0 Å². The standard InChI is InChI=1S/C27H22ClN5/c1-18-8-10-19(11-9-18)16-30-24-6-2-3-7-25(24)32-27-22-15-21(28)12-13-23(22)31-26(33-27)20-5-4-14-29-17-20/h2-15,17,30H,16H2,1H3,(H,31,32,33). The van der Waals surface area contributed by atoms with Crippen molar-refractivity contribution in [2.24, 2.45) is 0 Å². The van der Waals surface area contributed by atoms with E-state index >= 15 is 0 Å². The van der Waals surface area contributed by atoms with E-state index in [-0.39, 0.29) is 0 Å². The van der Waals surface area contributed by atoms with Crippen LogP contribution < -0.4 is 10.6 Å². The van der Waals surface area contributed by atoms with Crippen LogP contribution in [0, 0.1) is 6.92 Å². The van der Waals surface area contributed by atoms with E-state index in [1.807, 2.05) is 48.5 Å². The molecule has 0 bridgehead atoms. The van der Waals surface area contributed by atoms with Crippen LogP contribution in [-0.4, -0.2) is 15.0 Å². The van der Waals surface area contributed by atoms with E-state index in [1.54, 1.807) is 12.4 Å². The number of anilines is 3. The van der Waals surface area contributed by atoms with Crippen molar-refractivity contribution in [3.63, 3.8) is 0 Å². The predicted molar refractivity (Wildman–Crippen MR) is 136 cm³/mol. The van der Waals surface area contributed by atoms with Crippen molar-refractivity contribution >= 4 is 39.7 Å².